The van der Waals surface area contributed by atoms with Crippen LogP contribution in [0.2, 0.25) is 5.02 Å². The summed E-state index contributed by atoms with van der Waals surface area (Å²) in [6.07, 6.45) is 2.62. The second-order valence-electron chi connectivity index (χ2n) is 4.85. The lowest BCUT2D eigenvalue weighted by Gasteiger charge is -2.10. The van der Waals surface area contributed by atoms with Crippen molar-refractivity contribution in [1.29, 1.82) is 0 Å². The predicted molar refractivity (Wildman–Crippen MR) is 77.8 cm³/mol. The molecule has 5 heteroatoms. The molecule has 0 aliphatic heterocycles. The van der Waals surface area contributed by atoms with Crippen LogP contribution in [0, 0.1) is 5.92 Å². The molecule has 1 N–H and O–H groups in total. The van der Waals surface area contributed by atoms with E-state index in [-0.39, 0.29) is 0 Å². The summed E-state index contributed by atoms with van der Waals surface area (Å²) < 4.78 is 10.4. The van der Waals surface area contributed by atoms with E-state index in [1.54, 1.807) is 13.3 Å². The molecule has 0 fully saturated rings. The van der Waals surface area contributed by atoms with Crippen molar-refractivity contribution in [1.82, 2.24) is 10.3 Å². The van der Waals surface area contributed by atoms with Gasteiger partial charge in [-0.25, -0.2) is 4.98 Å². The molecule has 1 aromatic heterocycles. The average Bonchev–Trinajstić information content (AvgIpc) is 2.36. The van der Waals surface area contributed by atoms with Crippen LogP contribution in [0.25, 0.3) is 0 Å². The van der Waals surface area contributed by atoms with E-state index in [0.29, 0.717) is 30.0 Å². The van der Waals surface area contributed by atoms with Crippen LogP contribution >= 0.6 is 11.6 Å². The summed E-state index contributed by atoms with van der Waals surface area (Å²) in [5.74, 6) is 1.12. The molecule has 4 nitrogen and oxygen atoms in total. The van der Waals surface area contributed by atoms with E-state index in [9.17, 15) is 0 Å². The highest BCUT2D eigenvalue weighted by atomic mass is 35.5. The Morgan fingerprint density at radius 3 is 2.79 bits per heavy atom. The van der Waals surface area contributed by atoms with Gasteiger partial charge in [-0.3, -0.25) is 0 Å². The summed E-state index contributed by atoms with van der Waals surface area (Å²) in [6.45, 7) is 7.34. The van der Waals surface area contributed by atoms with E-state index < -0.39 is 0 Å². The van der Waals surface area contributed by atoms with Crippen LogP contribution < -0.4 is 10.1 Å². The van der Waals surface area contributed by atoms with Gasteiger partial charge in [0.2, 0.25) is 5.88 Å². The molecule has 0 amide bonds. The Kier molecular flexibility index (Phi) is 7.79. The smallest absolute Gasteiger partial charge is 0.232 e. The second-order valence-corrected chi connectivity index (χ2v) is 5.26. The van der Waals surface area contributed by atoms with Gasteiger partial charge in [0, 0.05) is 32.9 Å². The van der Waals surface area contributed by atoms with E-state index >= 15 is 0 Å². The van der Waals surface area contributed by atoms with Gasteiger partial charge in [0.1, 0.15) is 5.02 Å². The van der Waals surface area contributed by atoms with Crippen LogP contribution in [0.1, 0.15) is 25.8 Å². The summed E-state index contributed by atoms with van der Waals surface area (Å²) in [4.78, 5) is 4.24. The number of nitrogens with one attached hydrogen (secondary N) is 1. The van der Waals surface area contributed by atoms with Crippen molar-refractivity contribution in [2.75, 3.05) is 26.9 Å². The third-order valence-corrected chi connectivity index (χ3v) is 2.75. The molecule has 0 saturated heterocycles. The molecule has 0 atom stereocenters. The number of hydrogen-bond acceptors (Lipinski definition) is 4. The van der Waals surface area contributed by atoms with Gasteiger partial charge in [0.05, 0.1) is 6.61 Å². The Morgan fingerprint density at radius 1 is 1.37 bits per heavy atom. The molecule has 0 bridgehead atoms. The normalized spacial score (nSPS) is 11.0. The fraction of sp³-hybridized carbons (Fsp3) is 0.643. The molecule has 19 heavy (non-hydrogen) atoms. The summed E-state index contributed by atoms with van der Waals surface area (Å²) in [5.41, 5.74) is 1.06. The number of nitrogens with zero attached hydrogens (tertiary/aromatic N) is 1. The fourth-order valence-corrected chi connectivity index (χ4v) is 1.79. The van der Waals surface area contributed by atoms with Gasteiger partial charge < -0.3 is 14.8 Å². The average molecular weight is 287 g/mol. The van der Waals surface area contributed by atoms with Gasteiger partial charge in [-0.15, -0.1) is 0 Å². The van der Waals surface area contributed by atoms with Crippen LogP contribution in [0.15, 0.2) is 12.3 Å². The number of halogens is 1. The van der Waals surface area contributed by atoms with Gasteiger partial charge in [0.25, 0.3) is 0 Å². The van der Waals surface area contributed by atoms with Gasteiger partial charge in [-0.05, 0) is 24.1 Å². The zero-order valence-corrected chi connectivity index (χ0v) is 12.7. The van der Waals surface area contributed by atoms with Crippen molar-refractivity contribution in [3.63, 3.8) is 0 Å². The minimum absolute atomic E-state index is 0.491. The minimum atomic E-state index is 0.491. The van der Waals surface area contributed by atoms with E-state index in [4.69, 9.17) is 21.1 Å². The van der Waals surface area contributed by atoms with Crippen molar-refractivity contribution >= 4 is 11.6 Å². The highest BCUT2D eigenvalue weighted by Crippen LogP contribution is 2.22. The molecule has 0 spiro atoms. The molecule has 0 aliphatic rings. The van der Waals surface area contributed by atoms with Crippen LogP contribution in [0.4, 0.5) is 0 Å². The lowest BCUT2D eigenvalue weighted by atomic mass is 10.2. The van der Waals surface area contributed by atoms with Crippen LogP contribution in [-0.2, 0) is 11.3 Å². The van der Waals surface area contributed by atoms with E-state index in [2.05, 4.69) is 24.1 Å². The maximum absolute atomic E-state index is 6.14. The topological polar surface area (TPSA) is 43.4 Å². The maximum Gasteiger partial charge on any atom is 0.232 e. The first kappa shape index (κ1) is 16.2. The van der Waals surface area contributed by atoms with Crippen LogP contribution in [0.3, 0.4) is 0 Å². The monoisotopic (exact) mass is 286 g/mol. The molecular formula is C14H23ClN2O2. The molecule has 0 aliphatic carbocycles. The molecule has 108 valence electrons. The molecule has 0 saturated carbocycles. The Labute approximate surface area is 120 Å². The number of rotatable bonds is 9. The first-order valence-corrected chi connectivity index (χ1v) is 6.98. The van der Waals surface area contributed by atoms with Crippen molar-refractivity contribution in [2.45, 2.75) is 26.8 Å². The fourth-order valence-electron chi connectivity index (χ4n) is 1.55. The third-order valence-electron chi connectivity index (χ3n) is 2.48. The first-order chi connectivity index (χ1) is 9.13. The van der Waals surface area contributed by atoms with Crippen LogP contribution in [-0.4, -0.2) is 31.9 Å². The third kappa shape index (κ3) is 6.76. The van der Waals surface area contributed by atoms with E-state index in [1.165, 1.54) is 0 Å². The van der Waals surface area contributed by atoms with Crippen molar-refractivity contribution in [3.05, 3.63) is 22.8 Å². The highest BCUT2D eigenvalue weighted by Gasteiger charge is 2.05. The van der Waals surface area contributed by atoms with Crippen molar-refractivity contribution in [2.24, 2.45) is 5.92 Å². The predicted octanol–water partition coefficient (Wildman–Crippen LogP) is 2.90. The SMILES string of the molecule is COCCCOc1ncc(CNCC(C)C)cc1Cl. The Balaban J connectivity index is 2.40. The minimum Gasteiger partial charge on any atom is -0.477 e. The molecule has 1 rings (SSSR count). The summed E-state index contributed by atoms with van der Waals surface area (Å²) >= 11 is 6.14. The second kappa shape index (κ2) is 9.13. The number of hydrogen-bond donors (Lipinski definition) is 1. The molecular weight excluding hydrogens is 264 g/mol. The lowest BCUT2D eigenvalue weighted by molar-refractivity contribution is 0.170. The zero-order chi connectivity index (χ0) is 14.1. The molecule has 0 aromatic carbocycles. The maximum atomic E-state index is 6.14. The van der Waals surface area contributed by atoms with Gasteiger partial charge in [-0.1, -0.05) is 25.4 Å². The highest BCUT2D eigenvalue weighted by molar-refractivity contribution is 6.31. The summed E-state index contributed by atoms with van der Waals surface area (Å²) in [5, 5.41) is 3.91. The quantitative estimate of drug-likeness (QED) is 0.709. The molecule has 1 aromatic rings. The Bertz CT molecular complexity index is 372. The van der Waals surface area contributed by atoms with E-state index in [0.717, 1.165) is 25.1 Å². The first-order valence-electron chi connectivity index (χ1n) is 6.60. The number of pyridine rings is 1. The van der Waals surface area contributed by atoms with Gasteiger partial charge in [-0.2, -0.15) is 0 Å². The van der Waals surface area contributed by atoms with Crippen LogP contribution in [0.5, 0.6) is 5.88 Å². The Hall–Kier alpha value is -0.840. The molecule has 0 unspecified atom stereocenters. The summed E-state index contributed by atoms with van der Waals surface area (Å²) in [6, 6.07) is 1.90. The Morgan fingerprint density at radius 2 is 2.16 bits per heavy atom. The number of ether oxygens (including phenoxy) is 2. The zero-order valence-electron chi connectivity index (χ0n) is 11.9. The van der Waals surface area contributed by atoms with Crippen molar-refractivity contribution in [3.8, 4) is 5.88 Å². The molecule has 0 radical (unpaired) electrons. The van der Waals surface area contributed by atoms with Crippen molar-refractivity contribution < 1.29 is 9.47 Å². The molecule has 1 heterocycles. The van der Waals surface area contributed by atoms with Gasteiger partial charge in [0.15, 0.2) is 0 Å². The number of aromatic nitrogens is 1. The van der Waals surface area contributed by atoms with E-state index in [1.807, 2.05) is 6.07 Å². The van der Waals surface area contributed by atoms with Gasteiger partial charge >= 0.3 is 0 Å². The number of methoxy groups -OCH3 is 1. The summed E-state index contributed by atoms with van der Waals surface area (Å²) in [7, 11) is 1.67. The largest absolute Gasteiger partial charge is 0.477 e. The lowest BCUT2D eigenvalue weighted by Crippen LogP contribution is -2.19. The standard InChI is InChI=1S/C14H23ClN2O2/c1-11(2)8-16-9-12-7-13(15)14(17-10-12)19-6-4-5-18-3/h7,10-11,16H,4-6,8-9H2,1-3H3.